The zero-order chi connectivity index (χ0) is 13.9. The zero-order valence-electron chi connectivity index (χ0n) is 10.3. The first kappa shape index (κ1) is 15.6. The quantitative estimate of drug-likeness (QED) is 0.816. The number of carbonyl (C=O) groups excluding carboxylic acids is 1. The van der Waals surface area contributed by atoms with Crippen molar-refractivity contribution in [3.63, 3.8) is 0 Å². The minimum Gasteiger partial charge on any atom is -0.469 e. The van der Waals surface area contributed by atoms with Crippen molar-refractivity contribution >= 4 is 50.8 Å². The molecule has 2 atom stereocenters. The predicted molar refractivity (Wildman–Crippen MR) is 78.4 cm³/mol. The molecule has 1 rings (SSSR count). The average molecular weight is 355 g/mol. The highest BCUT2D eigenvalue weighted by molar-refractivity contribution is 9.10. The molecule has 6 heteroatoms. The summed E-state index contributed by atoms with van der Waals surface area (Å²) in [6.07, 6.45) is 0. The van der Waals surface area contributed by atoms with E-state index in [1.54, 1.807) is 19.1 Å². The third-order valence-electron chi connectivity index (χ3n) is 2.70. The SMILES string of the molecule is COC(=O)C(C)C(C)Nc1c(Cl)cc(Br)cc1Cl. The molecule has 0 saturated carbocycles. The second-order valence-corrected chi connectivity index (χ2v) is 5.72. The standard InChI is InChI=1S/C12H14BrCl2NO2/c1-6(12(17)18-3)7(2)16-11-9(14)4-8(13)5-10(11)15/h4-7,16H,1-3H3. The van der Waals surface area contributed by atoms with Gasteiger partial charge in [-0.3, -0.25) is 4.79 Å². The number of esters is 1. The highest BCUT2D eigenvalue weighted by Crippen LogP contribution is 2.34. The lowest BCUT2D eigenvalue weighted by atomic mass is 10.0. The van der Waals surface area contributed by atoms with E-state index in [4.69, 9.17) is 27.9 Å². The van der Waals surface area contributed by atoms with Crippen molar-refractivity contribution in [2.24, 2.45) is 5.92 Å². The largest absolute Gasteiger partial charge is 0.469 e. The van der Waals surface area contributed by atoms with Crippen LogP contribution in [-0.2, 0) is 9.53 Å². The number of benzene rings is 1. The van der Waals surface area contributed by atoms with Crippen molar-refractivity contribution in [2.75, 3.05) is 12.4 Å². The molecule has 0 bridgehead atoms. The summed E-state index contributed by atoms with van der Waals surface area (Å²) in [5.74, 6) is -0.579. The maximum atomic E-state index is 11.4. The Hall–Kier alpha value is -0.450. The lowest BCUT2D eigenvalue weighted by Gasteiger charge is -2.22. The maximum absolute atomic E-state index is 11.4. The molecule has 0 radical (unpaired) electrons. The first-order valence-electron chi connectivity index (χ1n) is 5.35. The van der Waals surface area contributed by atoms with Crippen molar-refractivity contribution in [3.05, 3.63) is 26.7 Å². The van der Waals surface area contributed by atoms with Crippen LogP contribution in [0.1, 0.15) is 13.8 Å². The smallest absolute Gasteiger partial charge is 0.310 e. The lowest BCUT2D eigenvalue weighted by Crippen LogP contribution is -2.30. The van der Waals surface area contributed by atoms with Crippen LogP contribution in [0, 0.1) is 5.92 Å². The summed E-state index contributed by atoms with van der Waals surface area (Å²) in [7, 11) is 1.37. The monoisotopic (exact) mass is 353 g/mol. The van der Waals surface area contributed by atoms with Crippen LogP contribution in [0.5, 0.6) is 0 Å². The molecule has 1 aromatic carbocycles. The van der Waals surface area contributed by atoms with Crippen molar-refractivity contribution in [2.45, 2.75) is 19.9 Å². The summed E-state index contributed by atoms with van der Waals surface area (Å²) in [5, 5.41) is 4.13. The number of hydrogen-bond donors (Lipinski definition) is 1. The Morgan fingerprint density at radius 2 is 1.83 bits per heavy atom. The fraction of sp³-hybridized carbons (Fsp3) is 0.417. The number of ether oxygens (including phenoxy) is 1. The molecule has 0 aliphatic heterocycles. The molecule has 18 heavy (non-hydrogen) atoms. The molecule has 0 aliphatic rings. The van der Waals surface area contributed by atoms with E-state index < -0.39 is 0 Å². The van der Waals surface area contributed by atoms with Crippen LogP contribution in [0.25, 0.3) is 0 Å². The summed E-state index contributed by atoms with van der Waals surface area (Å²) in [6.45, 7) is 3.65. The second-order valence-electron chi connectivity index (χ2n) is 3.99. The molecule has 0 amide bonds. The molecular formula is C12H14BrCl2NO2. The van der Waals surface area contributed by atoms with Gasteiger partial charge in [-0.1, -0.05) is 39.1 Å². The fourth-order valence-electron chi connectivity index (χ4n) is 1.42. The molecule has 2 unspecified atom stereocenters. The van der Waals surface area contributed by atoms with E-state index in [2.05, 4.69) is 21.2 Å². The van der Waals surface area contributed by atoms with Gasteiger partial charge < -0.3 is 10.1 Å². The van der Waals surface area contributed by atoms with Gasteiger partial charge in [-0.15, -0.1) is 0 Å². The number of hydrogen-bond acceptors (Lipinski definition) is 3. The predicted octanol–water partition coefficient (Wildman–Crippen LogP) is 4.37. The third-order valence-corrected chi connectivity index (χ3v) is 3.76. The van der Waals surface area contributed by atoms with E-state index in [0.29, 0.717) is 15.7 Å². The van der Waals surface area contributed by atoms with Crippen LogP contribution in [0.3, 0.4) is 0 Å². The number of nitrogens with one attached hydrogen (secondary N) is 1. The van der Waals surface area contributed by atoms with Crippen LogP contribution in [0.4, 0.5) is 5.69 Å². The Balaban J connectivity index is 2.88. The number of methoxy groups -OCH3 is 1. The first-order valence-corrected chi connectivity index (χ1v) is 6.90. The molecular weight excluding hydrogens is 341 g/mol. The Bertz CT molecular complexity index is 431. The van der Waals surface area contributed by atoms with Gasteiger partial charge in [0.15, 0.2) is 0 Å². The highest BCUT2D eigenvalue weighted by Gasteiger charge is 2.22. The lowest BCUT2D eigenvalue weighted by molar-refractivity contribution is -0.145. The zero-order valence-corrected chi connectivity index (χ0v) is 13.4. The topological polar surface area (TPSA) is 38.3 Å². The summed E-state index contributed by atoms with van der Waals surface area (Å²) in [5.41, 5.74) is 0.616. The second kappa shape index (κ2) is 6.64. The Kier molecular flexibility index (Phi) is 5.76. The minimum atomic E-state index is -0.300. The van der Waals surface area contributed by atoms with Crippen LogP contribution >= 0.6 is 39.1 Å². The van der Waals surface area contributed by atoms with E-state index in [0.717, 1.165) is 4.47 Å². The summed E-state index contributed by atoms with van der Waals surface area (Å²) in [6, 6.07) is 3.34. The molecule has 1 aromatic rings. The number of anilines is 1. The van der Waals surface area contributed by atoms with E-state index in [1.165, 1.54) is 7.11 Å². The van der Waals surface area contributed by atoms with Gasteiger partial charge in [-0.05, 0) is 26.0 Å². The van der Waals surface area contributed by atoms with Gasteiger partial charge in [0, 0.05) is 10.5 Å². The molecule has 0 spiro atoms. The van der Waals surface area contributed by atoms with Gasteiger partial charge in [-0.25, -0.2) is 0 Å². The maximum Gasteiger partial charge on any atom is 0.310 e. The van der Waals surface area contributed by atoms with Gasteiger partial charge >= 0.3 is 5.97 Å². The molecule has 0 fully saturated rings. The van der Waals surface area contributed by atoms with Gasteiger partial charge in [0.05, 0.1) is 28.8 Å². The molecule has 0 heterocycles. The number of carbonyl (C=O) groups is 1. The van der Waals surface area contributed by atoms with E-state index in [1.807, 2.05) is 6.92 Å². The molecule has 1 N–H and O–H groups in total. The summed E-state index contributed by atoms with van der Waals surface area (Å²) in [4.78, 5) is 11.4. The molecule has 0 saturated heterocycles. The van der Waals surface area contributed by atoms with Crippen LogP contribution in [0.15, 0.2) is 16.6 Å². The first-order chi connectivity index (χ1) is 8.36. The van der Waals surface area contributed by atoms with Crippen molar-refractivity contribution in [3.8, 4) is 0 Å². The van der Waals surface area contributed by atoms with Crippen LogP contribution in [-0.4, -0.2) is 19.1 Å². The van der Waals surface area contributed by atoms with E-state index >= 15 is 0 Å². The minimum absolute atomic E-state index is 0.145. The van der Waals surface area contributed by atoms with Crippen LogP contribution < -0.4 is 5.32 Å². The summed E-state index contributed by atoms with van der Waals surface area (Å²) < 4.78 is 5.50. The van der Waals surface area contributed by atoms with E-state index in [-0.39, 0.29) is 17.9 Å². The molecule has 0 aliphatic carbocycles. The van der Waals surface area contributed by atoms with Crippen molar-refractivity contribution in [1.29, 1.82) is 0 Å². The average Bonchev–Trinajstić information content (AvgIpc) is 2.31. The molecule has 3 nitrogen and oxygen atoms in total. The van der Waals surface area contributed by atoms with Crippen molar-refractivity contribution < 1.29 is 9.53 Å². The number of rotatable bonds is 4. The molecule has 100 valence electrons. The van der Waals surface area contributed by atoms with Crippen LogP contribution in [0.2, 0.25) is 10.0 Å². The van der Waals surface area contributed by atoms with Gasteiger partial charge in [-0.2, -0.15) is 0 Å². The molecule has 0 aromatic heterocycles. The van der Waals surface area contributed by atoms with Gasteiger partial charge in [0.2, 0.25) is 0 Å². The normalized spacial score (nSPS) is 13.9. The third kappa shape index (κ3) is 3.77. The Morgan fingerprint density at radius 1 is 1.33 bits per heavy atom. The van der Waals surface area contributed by atoms with Crippen molar-refractivity contribution in [1.82, 2.24) is 0 Å². The summed E-state index contributed by atoms with van der Waals surface area (Å²) >= 11 is 15.5. The Morgan fingerprint density at radius 3 is 2.28 bits per heavy atom. The van der Waals surface area contributed by atoms with E-state index in [9.17, 15) is 4.79 Å². The van der Waals surface area contributed by atoms with Gasteiger partial charge in [0.1, 0.15) is 0 Å². The fourth-order valence-corrected chi connectivity index (χ4v) is 2.74. The highest BCUT2D eigenvalue weighted by atomic mass is 79.9. The number of halogens is 3. The van der Waals surface area contributed by atoms with Gasteiger partial charge in [0.25, 0.3) is 0 Å². The Labute approximate surface area is 125 Å².